The van der Waals surface area contributed by atoms with Crippen molar-refractivity contribution in [1.29, 1.82) is 0 Å². The third-order valence-corrected chi connectivity index (χ3v) is 4.42. The summed E-state index contributed by atoms with van der Waals surface area (Å²) < 4.78 is 5.88. The summed E-state index contributed by atoms with van der Waals surface area (Å²) in [5.41, 5.74) is 0.652. The molecule has 1 aliphatic rings. The van der Waals surface area contributed by atoms with Crippen LogP contribution in [0.4, 0.5) is 0 Å². The Balaban J connectivity index is 1.59. The Morgan fingerprint density at radius 2 is 1.72 bits per heavy atom. The number of hydrogen-bond acceptors (Lipinski definition) is 3. The van der Waals surface area contributed by atoms with Crippen molar-refractivity contribution in [2.75, 3.05) is 13.1 Å². The number of ether oxygens (including phenoxy) is 1. The van der Waals surface area contributed by atoms with Crippen LogP contribution in [0.1, 0.15) is 24.3 Å². The summed E-state index contributed by atoms with van der Waals surface area (Å²) in [7, 11) is 0. The molecule has 5 heteroatoms. The Morgan fingerprint density at radius 1 is 1.08 bits per heavy atom. The van der Waals surface area contributed by atoms with Gasteiger partial charge in [-0.25, -0.2) is 0 Å². The molecule has 2 aromatic carbocycles. The van der Waals surface area contributed by atoms with Gasteiger partial charge in [-0.2, -0.15) is 0 Å². The van der Waals surface area contributed by atoms with Crippen molar-refractivity contribution in [3.63, 3.8) is 0 Å². The van der Waals surface area contributed by atoms with Gasteiger partial charge in [0.05, 0.1) is 12.5 Å². The SMILES string of the molecule is O=C(O)C(CC(=O)N1CC[C@@H](Oc2ccccc2)C1)c1ccccc1. The number of rotatable bonds is 6. The van der Waals surface area contributed by atoms with Crippen LogP contribution in [0.5, 0.6) is 5.75 Å². The summed E-state index contributed by atoms with van der Waals surface area (Å²) in [6.07, 6.45) is 0.674. The van der Waals surface area contributed by atoms with Crippen molar-refractivity contribution in [3.05, 3.63) is 66.2 Å². The normalized spacial score (nSPS) is 17.9. The van der Waals surface area contributed by atoms with Gasteiger partial charge in [-0.1, -0.05) is 48.5 Å². The average Bonchev–Trinajstić information content (AvgIpc) is 3.09. The summed E-state index contributed by atoms with van der Waals surface area (Å²) in [4.78, 5) is 25.8. The number of carboxylic acids is 1. The van der Waals surface area contributed by atoms with Gasteiger partial charge in [-0.3, -0.25) is 9.59 Å². The van der Waals surface area contributed by atoms with E-state index in [4.69, 9.17) is 4.74 Å². The largest absolute Gasteiger partial charge is 0.489 e. The standard InChI is InChI=1S/C20H21NO4/c22-19(13-18(20(23)24)15-7-3-1-4-8-15)21-12-11-17(14-21)25-16-9-5-2-6-10-16/h1-10,17-18H,11-14H2,(H,23,24)/t17-,18?/m1/s1. The molecule has 1 unspecified atom stereocenters. The first kappa shape index (κ1) is 17.0. The third-order valence-electron chi connectivity index (χ3n) is 4.42. The van der Waals surface area contributed by atoms with Crippen LogP contribution in [-0.2, 0) is 9.59 Å². The zero-order valence-electron chi connectivity index (χ0n) is 13.9. The van der Waals surface area contributed by atoms with Crippen LogP contribution in [0.3, 0.4) is 0 Å². The lowest BCUT2D eigenvalue weighted by molar-refractivity contribution is -0.142. The average molecular weight is 339 g/mol. The van der Waals surface area contributed by atoms with Crippen LogP contribution < -0.4 is 4.74 Å². The van der Waals surface area contributed by atoms with Gasteiger partial charge in [-0.15, -0.1) is 0 Å². The second-order valence-corrected chi connectivity index (χ2v) is 6.19. The molecular weight excluding hydrogens is 318 g/mol. The quantitative estimate of drug-likeness (QED) is 0.879. The van der Waals surface area contributed by atoms with Crippen LogP contribution in [0.25, 0.3) is 0 Å². The van der Waals surface area contributed by atoms with E-state index >= 15 is 0 Å². The fraction of sp³-hybridized carbons (Fsp3) is 0.300. The highest BCUT2D eigenvalue weighted by Crippen LogP contribution is 2.24. The topological polar surface area (TPSA) is 66.8 Å². The van der Waals surface area contributed by atoms with Crippen LogP contribution in [0, 0.1) is 0 Å². The first-order valence-corrected chi connectivity index (χ1v) is 8.40. The maximum atomic E-state index is 12.5. The second kappa shape index (κ2) is 7.83. The summed E-state index contributed by atoms with van der Waals surface area (Å²) in [5.74, 6) is -1.15. The van der Waals surface area contributed by atoms with Gasteiger partial charge < -0.3 is 14.7 Å². The van der Waals surface area contributed by atoms with E-state index in [0.29, 0.717) is 18.7 Å². The van der Waals surface area contributed by atoms with Crippen molar-refractivity contribution in [2.45, 2.75) is 24.9 Å². The van der Waals surface area contributed by atoms with E-state index < -0.39 is 11.9 Å². The maximum Gasteiger partial charge on any atom is 0.311 e. The molecule has 1 heterocycles. The number of carboxylic acid groups (broad SMARTS) is 1. The van der Waals surface area contributed by atoms with Gasteiger partial charge in [-0.05, 0) is 17.7 Å². The molecule has 1 fully saturated rings. The van der Waals surface area contributed by atoms with Crippen LogP contribution in [0.15, 0.2) is 60.7 Å². The van der Waals surface area contributed by atoms with Crippen LogP contribution in [-0.4, -0.2) is 41.1 Å². The molecule has 5 nitrogen and oxygen atoms in total. The number of aliphatic carboxylic acids is 1. The molecule has 130 valence electrons. The number of para-hydroxylation sites is 1. The molecule has 2 atom stereocenters. The molecule has 0 radical (unpaired) electrons. The predicted octanol–water partition coefficient (Wildman–Crippen LogP) is 2.92. The van der Waals surface area contributed by atoms with E-state index in [1.165, 1.54) is 0 Å². The van der Waals surface area contributed by atoms with Gasteiger partial charge in [0.25, 0.3) is 0 Å². The van der Waals surface area contributed by atoms with Gasteiger partial charge in [0.2, 0.25) is 5.91 Å². The number of hydrogen-bond donors (Lipinski definition) is 1. The fourth-order valence-corrected chi connectivity index (χ4v) is 3.08. The van der Waals surface area contributed by atoms with Crippen molar-refractivity contribution in [2.24, 2.45) is 0 Å². The molecule has 0 saturated carbocycles. The number of benzene rings is 2. The minimum atomic E-state index is -0.976. The molecular formula is C20H21NO4. The molecule has 1 aliphatic heterocycles. The zero-order valence-corrected chi connectivity index (χ0v) is 13.9. The molecule has 1 saturated heterocycles. The summed E-state index contributed by atoms with van der Waals surface area (Å²) in [6, 6.07) is 18.4. The Kier molecular flexibility index (Phi) is 5.33. The predicted molar refractivity (Wildman–Crippen MR) is 93.5 cm³/mol. The summed E-state index contributed by atoms with van der Waals surface area (Å²) in [5, 5.41) is 9.47. The van der Waals surface area contributed by atoms with E-state index in [1.807, 2.05) is 36.4 Å². The molecule has 3 rings (SSSR count). The highest BCUT2D eigenvalue weighted by molar-refractivity contribution is 5.86. The van der Waals surface area contributed by atoms with Gasteiger partial charge in [0.15, 0.2) is 0 Å². The van der Waals surface area contributed by atoms with Gasteiger partial charge in [0, 0.05) is 19.4 Å². The lowest BCUT2D eigenvalue weighted by atomic mass is 9.95. The molecule has 0 aromatic heterocycles. The van der Waals surface area contributed by atoms with Gasteiger partial charge >= 0.3 is 5.97 Å². The molecule has 0 aliphatic carbocycles. The van der Waals surface area contributed by atoms with Crippen molar-refractivity contribution < 1.29 is 19.4 Å². The van der Waals surface area contributed by atoms with Crippen LogP contribution in [0.2, 0.25) is 0 Å². The summed E-state index contributed by atoms with van der Waals surface area (Å²) in [6.45, 7) is 1.09. The molecule has 2 aromatic rings. The summed E-state index contributed by atoms with van der Waals surface area (Å²) >= 11 is 0. The molecule has 0 spiro atoms. The highest BCUT2D eigenvalue weighted by Gasteiger charge is 2.31. The minimum Gasteiger partial charge on any atom is -0.489 e. The van der Waals surface area contributed by atoms with E-state index in [2.05, 4.69) is 0 Å². The zero-order chi connectivity index (χ0) is 17.6. The van der Waals surface area contributed by atoms with E-state index in [0.717, 1.165) is 12.2 Å². The number of carbonyl (C=O) groups excluding carboxylic acids is 1. The first-order chi connectivity index (χ1) is 12.1. The first-order valence-electron chi connectivity index (χ1n) is 8.40. The van der Waals surface area contributed by atoms with Gasteiger partial charge in [0.1, 0.15) is 11.9 Å². The van der Waals surface area contributed by atoms with Crippen molar-refractivity contribution in [3.8, 4) is 5.75 Å². The maximum absolute atomic E-state index is 12.5. The number of carbonyl (C=O) groups is 2. The van der Waals surface area contributed by atoms with E-state index in [1.54, 1.807) is 29.2 Å². The Labute approximate surface area is 146 Å². The lowest BCUT2D eigenvalue weighted by Crippen LogP contribution is -2.33. The highest BCUT2D eigenvalue weighted by atomic mass is 16.5. The van der Waals surface area contributed by atoms with Crippen molar-refractivity contribution in [1.82, 2.24) is 4.90 Å². The Hall–Kier alpha value is -2.82. The number of amides is 1. The fourth-order valence-electron chi connectivity index (χ4n) is 3.08. The molecule has 1 amide bonds. The van der Waals surface area contributed by atoms with E-state index in [9.17, 15) is 14.7 Å². The molecule has 0 bridgehead atoms. The number of likely N-dealkylation sites (tertiary alicyclic amines) is 1. The van der Waals surface area contributed by atoms with Crippen molar-refractivity contribution >= 4 is 11.9 Å². The Bertz CT molecular complexity index is 717. The smallest absolute Gasteiger partial charge is 0.311 e. The number of nitrogens with zero attached hydrogens (tertiary/aromatic N) is 1. The van der Waals surface area contributed by atoms with Crippen LogP contribution >= 0.6 is 0 Å². The van der Waals surface area contributed by atoms with E-state index in [-0.39, 0.29) is 18.4 Å². The third kappa shape index (κ3) is 4.38. The molecule has 1 N–H and O–H groups in total. The molecule has 25 heavy (non-hydrogen) atoms. The second-order valence-electron chi connectivity index (χ2n) is 6.19. The minimum absolute atomic E-state index is 0.0304. The lowest BCUT2D eigenvalue weighted by Gasteiger charge is -2.20. The monoisotopic (exact) mass is 339 g/mol. The Morgan fingerprint density at radius 3 is 2.36 bits per heavy atom.